The summed E-state index contributed by atoms with van der Waals surface area (Å²) in [6, 6.07) is 0. The summed E-state index contributed by atoms with van der Waals surface area (Å²) in [7, 11) is 0. The Bertz CT molecular complexity index is 112. The minimum atomic E-state index is 0. The molecule has 0 saturated carbocycles. The Morgan fingerprint density at radius 1 is 1.75 bits per heavy atom. The summed E-state index contributed by atoms with van der Waals surface area (Å²) in [5.41, 5.74) is 1.36. The van der Waals surface area contributed by atoms with Gasteiger partial charge in [-0.05, 0) is 0 Å². The molecule has 0 radical (unpaired) electrons. The van der Waals surface area contributed by atoms with Crippen LogP contribution in [0.3, 0.4) is 0 Å². The van der Waals surface area contributed by atoms with Gasteiger partial charge in [0.2, 0.25) is 0 Å². The van der Waals surface area contributed by atoms with E-state index in [9.17, 15) is 0 Å². The quantitative estimate of drug-likeness (QED) is 0.295. The predicted octanol–water partition coefficient (Wildman–Crippen LogP) is -0.910. The minimum Gasteiger partial charge on any atom is -0.270 e. The Morgan fingerprint density at radius 3 is 2.75 bits per heavy atom. The average Bonchev–Trinajstić information content (AvgIpc) is 2.14. The molecular formula is C7H9Li. The third-order valence-corrected chi connectivity index (χ3v) is 1.15. The van der Waals surface area contributed by atoms with E-state index >= 15 is 0 Å². The molecule has 0 spiro atoms. The Labute approximate surface area is 62.8 Å². The molecule has 0 aliphatic heterocycles. The average molecular weight is 100 g/mol. The molecular weight excluding hydrogens is 91.0 g/mol. The maximum atomic E-state index is 3.21. The molecule has 0 amide bonds. The minimum absolute atomic E-state index is 0. The standard InChI is InChI=1S/C7H9.Li/c1-2-7-5-3-4-6-7;/h3,5H,2,4H2,1H3;/q-1;+1. The third kappa shape index (κ3) is 1.90. The van der Waals surface area contributed by atoms with Gasteiger partial charge in [-0.3, -0.25) is 6.08 Å². The molecule has 0 aromatic rings. The second-order valence-electron chi connectivity index (χ2n) is 1.66. The van der Waals surface area contributed by atoms with Gasteiger partial charge in [0.15, 0.2) is 0 Å². The summed E-state index contributed by atoms with van der Waals surface area (Å²) in [6.45, 7) is 2.15. The van der Waals surface area contributed by atoms with Gasteiger partial charge in [0.05, 0.1) is 0 Å². The van der Waals surface area contributed by atoms with E-state index in [-0.39, 0.29) is 18.9 Å². The fourth-order valence-electron chi connectivity index (χ4n) is 0.693. The van der Waals surface area contributed by atoms with Gasteiger partial charge in [0, 0.05) is 0 Å². The zero-order chi connectivity index (χ0) is 5.11. The summed E-state index contributed by atoms with van der Waals surface area (Å²) in [6.07, 6.45) is 9.65. The van der Waals surface area contributed by atoms with Crippen LogP contribution in [-0.2, 0) is 0 Å². The van der Waals surface area contributed by atoms with Crippen molar-refractivity contribution in [2.75, 3.05) is 0 Å². The van der Waals surface area contributed by atoms with Crippen LogP contribution in [0.5, 0.6) is 0 Å². The second-order valence-corrected chi connectivity index (χ2v) is 1.66. The van der Waals surface area contributed by atoms with E-state index in [1.165, 1.54) is 5.57 Å². The Kier molecular flexibility index (Phi) is 4.05. The topological polar surface area (TPSA) is 0 Å². The van der Waals surface area contributed by atoms with Crippen molar-refractivity contribution < 1.29 is 18.9 Å². The summed E-state index contributed by atoms with van der Waals surface area (Å²) in [4.78, 5) is 0. The molecule has 0 nitrogen and oxygen atoms in total. The Hall–Kier alpha value is 0.0774. The molecule has 0 atom stereocenters. The molecule has 8 heavy (non-hydrogen) atoms. The van der Waals surface area contributed by atoms with Crippen LogP contribution in [0.4, 0.5) is 0 Å². The fraction of sp³-hybridized carbons (Fsp3) is 0.429. The van der Waals surface area contributed by atoms with Crippen LogP contribution >= 0.6 is 0 Å². The first-order valence-corrected chi connectivity index (χ1v) is 2.69. The number of rotatable bonds is 1. The maximum absolute atomic E-state index is 3.21. The SMILES string of the molecule is CCC1=[C-]CC=C1.[Li+]. The molecule has 0 unspecified atom stereocenters. The molecule has 1 heteroatoms. The van der Waals surface area contributed by atoms with Crippen molar-refractivity contribution in [2.24, 2.45) is 0 Å². The maximum Gasteiger partial charge on any atom is 1.00 e. The summed E-state index contributed by atoms with van der Waals surface area (Å²) in [5.74, 6) is 0. The van der Waals surface area contributed by atoms with Crippen molar-refractivity contribution in [3.8, 4) is 0 Å². The molecule has 0 fully saturated rings. The Balaban J connectivity index is 0.000000490. The number of allylic oxidation sites excluding steroid dienone is 4. The molecule has 38 valence electrons. The van der Waals surface area contributed by atoms with E-state index in [2.05, 4.69) is 25.2 Å². The van der Waals surface area contributed by atoms with Crippen LogP contribution in [0.2, 0.25) is 0 Å². The first kappa shape index (κ1) is 8.08. The van der Waals surface area contributed by atoms with Crippen LogP contribution in [0.1, 0.15) is 19.8 Å². The van der Waals surface area contributed by atoms with Crippen molar-refractivity contribution in [3.63, 3.8) is 0 Å². The molecule has 1 aliphatic carbocycles. The van der Waals surface area contributed by atoms with Crippen LogP contribution in [0.15, 0.2) is 17.7 Å². The first-order chi connectivity index (χ1) is 3.43. The van der Waals surface area contributed by atoms with E-state index in [0.29, 0.717) is 0 Å². The van der Waals surface area contributed by atoms with E-state index in [4.69, 9.17) is 0 Å². The van der Waals surface area contributed by atoms with Crippen molar-refractivity contribution in [2.45, 2.75) is 19.8 Å². The monoisotopic (exact) mass is 100 g/mol. The summed E-state index contributed by atoms with van der Waals surface area (Å²) >= 11 is 0. The number of hydrogen-bond donors (Lipinski definition) is 0. The van der Waals surface area contributed by atoms with Crippen LogP contribution in [-0.4, -0.2) is 0 Å². The third-order valence-electron chi connectivity index (χ3n) is 1.15. The zero-order valence-corrected chi connectivity index (χ0v) is 5.57. The molecule has 0 aromatic carbocycles. The molecule has 0 aromatic heterocycles. The van der Waals surface area contributed by atoms with Crippen molar-refractivity contribution >= 4 is 0 Å². The zero-order valence-electron chi connectivity index (χ0n) is 5.57. The van der Waals surface area contributed by atoms with Gasteiger partial charge >= 0.3 is 18.9 Å². The number of hydrogen-bond acceptors (Lipinski definition) is 0. The predicted molar refractivity (Wildman–Crippen MR) is 30.8 cm³/mol. The smallest absolute Gasteiger partial charge is 0.270 e. The summed E-state index contributed by atoms with van der Waals surface area (Å²) < 4.78 is 0. The summed E-state index contributed by atoms with van der Waals surface area (Å²) in [5, 5.41) is 0. The van der Waals surface area contributed by atoms with Crippen molar-refractivity contribution in [3.05, 3.63) is 23.8 Å². The molecule has 0 heterocycles. The van der Waals surface area contributed by atoms with Crippen LogP contribution in [0, 0.1) is 6.08 Å². The fourth-order valence-corrected chi connectivity index (χ4v) is 0.693. The van der Waals surface area contributed by atoms with Gasteiger partial charge in [0.1, 0.15) is 0 Å². The van der Waals surface area contributed by atoms with Crippen molar-refractivity contribution in [1.29, 1.82) is 0 Å². The van der Waals surface area contributed by atoms with Gasteiger partial charge < -0.3 is 0 Å². The van der Waals surface area contributed by atoms with E-state index < -0.39 is 0 Å². The molecule has 1 aliphatic rings. The molecule has 0 saturated heterocycles. The van der Waals surface area contributed by atoms with Gasteiger partial charge in [-0.25, -0.2) is 11.6 Å². The van der Waals surface area contributed by atoms with E-state index in [1.54, 1.807) is 0 Å². The van der Waals surface area contributed by atoms with Crippen LogP contribution in [0.25, 0.3) is 0 Å². The largest absolute Gasteiger partial charge is 1.00 e. The van der Waals surface area contributed by atoms with Crippen LogP contribution < -0.4 is 18.9 Å². The van der Waals surface area contributed by atoms with Gasteiger partial charge in [0.25, 0.3) is 0 Å². The first-order valence-electron chi connectivity index (χ1n) is 2.69. The molecule has 1 rings (SSSR count). The van der Waals surface area contributed by atoms with Gasteiger partial charge in [-0.15, -0.1) is 6.42 Å². The van der Waals surface area contributed by atoms with E-state index in [0.717, 1.165) is 12.8 Å². The second kappa shape index (κ2) is 4.01. The van der Waals surface area contributed by atoms with Gasteiger partial charge in [-0.2, -0.15) is 6.08 Å². The molecule has 0 bridgehead atoms. The van der Waals surface area contributed by atoms with E-state index in [1.807, 2.05) is 0 Å². The van der Waals surface area contributed by atoms with Gasteiger partial charge in [-0.1, -0.05) is 13.3 Å². The van der Waals surface area contributed by atoms with Crippen molar-refractivity contribution in [1.82, 2.24) is 0 Å². The molecule has 0 N–H and O–H groups in total. The normalized spacial score (nSPS) is 15.4. The Morgan fingerprint density at radius 2 is 2.50 bits per heavy atom.